The largest absolute Gasteiger partial charge is 0.466 e. The molecule has 0 aliphatic carbocycles. The minimum atomic E-state index is -0.524. The summed E-state index contributed by atoms with van der Waals surface area (Å²) in [4.78, 5) is 39.0. The molecule has 0 spiro atoms. The molecule has 0 saturated heterocycles. The van der Waals surface area contributed by atoms with E-state index < -0.39 is 18.5 Å². The highest BCUT2D eigenvalue weighted by molar-refractivity contribution is 7.13. The molecule has 0 saturated carbocycles. The van der Waals surface area contributed by atoms with E-state index in [0.29, 0.717) is 22.5 Å². The fourth-order valence-electron chi connectivity index (χ4n) is 1.93. The van der Waals surface area contributed by atoms with Gasteiger partial charge in [-0.1, -0.05) is 23.7 Å². The van der Waals surface area contributed by atoms with Crippen molar-refractivity contribution in [2.24, 2.45) is 0 Å². The maximum atomic E-state index is 11.8. The van der Waals surface area contributed by atoms with E-state index in [4.69, 9.17) is 21.1 Å². The average molecular weight is 397 g/mol. The van der Waals surface area contributed by atoms with Crippen molar-refractivity contribution < 1.29 is 23.9 Å². The van der Waals surface area contributed by atoms with Gasteiger partial charge in [-0.15, -0.1) is 11.3 Å². The SMILES string of the molecule is CCOC(=O)Cc1csc(NC(=O)COC(=O)Cc2ccc(Cl)cc2)n1. The first-order valence-corrected chi connectivity index (χ1v) is 9.02. The molecule has 7 nitrogen and oxygen atoms in total. The maximum Gasteiger partial charge on any atom is 0.311 e. The molecule has 0 unspecified atom stereocenters. The second-order valence-corrected chi connectivity index (χ2v) is 6.43. The van der Waals surface area contributed by atoms with Gasteiger partial charge in [0, 0.05) is 10.4 Å². The van der Waals surface area contributed by atoms with Gasteiger partial charge in [-0.05, 0) is 24.6 Å². The molecule has 0 aliphatic heterocycles. The summed E-state index contributed by atoms with van der Waals surface area (Å²) in [7, 11) is 0. The van der Waals surface area contributed by atoms with Crippen molar-refractivity contribution in [1.29, 1.82) is 0 Å². The quantitative estimate of drug-likeness (QED) is 0.689. The molecule has 2 aromatic rings. The lowest BCUT2D eigenvalue weighted by molar-refractivity contribution is -0.146. The Bertz CT molecular complexity index is 776. The summed E-state index contributed by atoms with van der Waals surface area (Å²) < 4.78 is 9.76. The van der Waals surface area contributed by atoms with E-state index in [9.17, 15) is 14.4 Å². The van der Waals surface area contributed by atoms with E-state index in [2.05, 4.69) is 10.3 Å². The molecule has 0 atom stereocenters. The van der Waals surface area contributed by atoms with Gasteiger partial charge in [0.1, 0.15) is 0 Å². The number of amides is 1. The summed E-state index contributed by atoms with van der Waals surface area (Å²) in [5.74, 6) is -1.41. The molecular weight excluding hydrogens is 380 g/mol. The number of nitrogens with one attached hydrogen (secondary N) is 1. The Balaban J connectivity index is 1.74. The first kappa shape index (κ1) is 19.9. The minimum absolute atomic E-state index is 0.0380. The van der Waals surface area contributed by atoms with Crippen molar-refractivity contribution in [1.82, 2.24) is 4.98 Å². The van der Waals surface area contributed by atoms with Gasteiger partial charge < -0.3 is 9.47 Å². The number of benzene rings is 1. The highest BCUT2D eigenvalue weighted by Gasteiger charge is 2.12. The first-order chi connectivity index (χ1) is 12.5. The fourth-order valence-corrected chi connectivity index (χ4v) is 2.78. The van der Waals surface area contributed by atoms with E-state index in [0.717, 1.165) is 5.56 Å². The first-order valence-electron chi connectivity index (χ1n) is 7.76. The highest BCUT2D eigenvalue weighted by Crippen LogP contribution is 2.16. The summed E-state index contributed by atoms with van der Waals surface area (Å²) in [5.41, 5.74) is 1.24. The lowest BCUT2D eigenvalue weighted by Gasteiger charge is -2.05. The number of rotatable bonds is 8. The number of aromatic nitrogens is 1. The molecule has 1 amide bonds. The van der Waals surface area contributed by atoms with Crippen molar-refractivity contribution >= 4 is 45.9 Å². The van der Waals surface area contributed by atoms with Crippen LogP contribution in [0.4, 0.5) is 5.13 Å². The van der Waals surface area contributed by atoms with Gasteiger partial charge in [0.05, 0.1) is 25.1 Å². The number of carbonyl (C=O) groups excluding carboxylic acids is 3. The summed E-state index contributed by atoms with van der Waals surface area (Å²) in [6, 6.07) is 6.77. The van der Waals surface area contributed by atoms with Crippen molar-refractivity contribution in [3.63, 3.8) is 0 Å². The van der Waals surface area contributed by atoms with E-state index in [1.165, 1.54) is 11.3 Å². The number of esters is 2. The third kappa shape index (κ3) is 6.81. The van der Waals surface area contributed by atoms with Gasteiger partial charge in [0.25, 0.3) is 5.91 Å². The number of nitrogens with zero attached hydrogens (tertiary/aromatic N) is 1. The molecule has 26 heavy (non-hydrogen) atoms. The molecule has 9 heteroatoms. The van der Waals surface area contributed by atoms with Gasteiger partial charge in [0.2, 0.25) is 0 Å². The van der Waals surface area contributed by atoms with Crippen molar-refractivity contribution in [3.8, 4) is 0 Å². The van der Waals surface area contributed by atoms with Crippen LogP contribution in [0.15, 0.2) is 29.6 Å². The topological polar surface area (TPSA) is 94.6 Å². The number of ether oxygens (including phenoxy) is 2. The van der Waals surface area contributed by atoms with Gasteiger partial charge in [-0.2, -0.15) is 0 Å². The molecule has 1 aromatic carbocycles. The number of hydrogen-bond acceptors (Lipinski definition) is 7. The Morgan fingerprint density at radius 3 is 2.50 bits per heavy atom. The summed E-state index contributed by atoms with van der Waals surface area (Å²) >= 11 is 6.95. The summed E-state index contributed by atoms with van der Waals surface area (Å²) in [5, 5.41) is 5.07. The average Bonchev–Trinajstić information content (AvgIpc) is 3.02. The maximum absolute atomic E-state index is 11.8. The van der Waals surface area contributed by atoms with Crippen LogP contribution in [0.25, 0.3) is 0 Å². The van der Waals surface area contributed by atoms with E-state index in [-0.39, 0.29) is 18.8 Å². The number of halogens is 1. The second kappa shape index (κ2) is 9.88. The molecule has 1 aromatic heterocycles. The lowest BCUT2D eigenvalue weighted by Crippen LogP contribution is -2.21. The molecule has 0 bridgehead atoms. The molecular formula is C17H17ClN2O5S. The van der Waals surface area contributed by atoms with Crippen LogP contribution in [0.5, 0.6) is 0 Å². The zero-order valence-corrected chi connectivity index (χ0v) is 15.6. The van der Waals surface area contributed by atoms with Gasteiger partial charge in [-0.25, -0.2) is 4.98 Å². The normalized spacial score (nSPS) is 10.2. The zero-order valence-electron chi connectivity index (χ0n) is 14.0. The third-order valence-electron chi connectivity index (χ3n) is 3.05. The number of carbonyl (C=O) groups is 3. The van der Waals surface area contributed by atoms with Crippen LogP contribution >= 0.6 is 22.9 Å². The predicted molar refractivity (Wildman–Crippen MR) is 97.2 cm³/mol. The number of anilines is 1. The van der Waals surface area contributed by atoms with E-state index >= 15 is 0 Å². The molecule has 2 rings (SSSR count). The van der Waals surface area contributed by atoms with Crippen LogP contribution in [0.3, 0.4) is 0 Å². The van der Waals surface area contributed by atoms with Crippen LogP contribution in [0, 0.1) is 0 Å². The zero-order chi connectivity index (χ0) is 18.9. The molecule has 0 fully saturated rings. The fraction of sp³-hybridized carbons (Fsp3) is 0.294. The highest BCUT2D eigenvalue weighted by atomic mass is 35.5. The Hall–Kier alpha value is -2.45. The third-order valence-corrected chi connectivity index (χ3v) is 4.11. The molecule has 0 radical (unpaired) electrons. The Kier molecular flexibility index (Phi) is 7.55. The number of thiazole rings is 1. The Morgan fingerprint density at radius 2 is 1.81 bits per heavy atom. The van der Waals surface area contributed by atoms with E-state index in [1.807, 2.05) is 0 Å². The summed E-state index contributed by atoms with van der Waals surface area (Å²) in [6.07, 6.45) is 0.0850. The van der Waals surface area contributed by atoms with Gasteiger partial charge in [0.15, 0.2) is 11.7 Å². The van der Waals surface area contributed by atoms with Gasteiger partial charge in [-0.3, -0.25) is 19.7 Å². The van der Waals surface area contributed by atoms with Crippen molar-refractivity contribution in [3.05, 3.63) is 45.9 Å². The van der Waals surface area contributed by atoms with Crippen LogP contribution in [-0.4, -0.2) is 36.0 Å². The van der Waals surface area contributed by atoms with Crippen molar-refractivity contribution in [2.45, 2.75) is 19.8 Å². The van der Waals surface area contributed by atoms with E-state index in [1.54, 1.807) is 36.6 Å². The van der Waals surface area contributed by atoms with Crippen LogP contribution in [0.1, 0.15) is 18.2 Å². The predicted octanol–water partition coefficient (Wildman–Crippen LogP) is 2.63. The standard InChI is InChI=1S/C17H17ClN2O5S/c1-2-24-16(23)8-13-10-26-17(19-13)20-14(21)9-25-15(22)7-11-3-5-12(18)6-4-11/h3-6,10H,2,7-9H2,1H3,(H,19,20,21). The van der Waals surface area contributed by atoms with Crippen LogP contribution < -0.4 is 5.32 Å². The van der Waals surface area contributed by atoms with Crippen LogP contribution in [0.2, 0.25) is 5.02 Å². The monoisotopic (exact) mass is 396 g/mol. The molecule has 0 aliphatic rings. The minimum Gasteiger partial charge on any atom is -0.466 e. The summed E-state index contributed by atoms with van der Waals surface area (Å²) in [6.45, 7) is 1.60. The molecule has 1 heterocycles. The molecule has 138 valence electrons. The Labute approximate surface area is 159 Å². The van der Waals surface area contributed by atoms with Crippen molar-refractivity contribution in [2.75, 3.05) is 18.5 Å². The lowest BCUT2D eigenvalue weighted by atomic mass is 10.1. The van der Waals surface area contributed by atoms with Crippen LogP contribution in [-0.2, 0) is 36.7 Å². The smallest absolute Gasteiger partial charge is 0.311 e. The number of hydrogen-bond donors (Lipinski definition) is 1. The second-order valence-electron chi connectivity index (χ2n) is 5.14. The van der Waals surface area contributed by atoms with Gasteiger partial charge >= 0.3 is 11.9 Å². The molecule has 1 N–H and O–H groups in total. The Morgan fingerprint density at radius 1 is 1.12 bits per heavy atom.